The van der Waals surface area contributed by atoms with E-state index in [1.54, 1.807) is 25.1 Å². The first-order valence-corrected chi connectivity index (χ1v) is 4.02. The maximum absolute atomic E-state index is 11.2. The van der Waals surface area contributed by atoms with Crippen LogP contribution >= 0.6 is 0 Å². The minimum absolute atomic E-state index is 0.355. The van der Waals surface area contributed by atoms with E-state index in [4.69, 9.17) is 0 Å². The van der Waals surface area contributed by atoms with E-state index in [9.17, 15) is 10.0 Å². The van der Waals surface area contributed by atoms with Gasteiger partial charge in [0.15, 0.2) is 6.20 Å². The Morgan fingerprint density at radius 2 is 2.21 bits per heavy atom. The summed E-state index contributed by atoms with van der Waals surface area (Å²) in [5.74, 6) is -0.516. The highest BCUT2D eigenvalue weighted by Crippen LogP contribution is 1.95. The van der Waals surface area contributed by atoms with Gasteiger partial charge in [-0.05, 0) is 13.0 Å². The minimum Gasteiger partial charge on any atom is -0.618 e. The largest absolute Gasteiger partial charge is 0.618 e. The molecule has 74 valence electrons. The second-order valence-corrected chi connectivity index (χ2v) is 2.67. The first-order chi connectivity index (χ1) is 6.61. The van der Waals surface area contributed by atoms with Gasteiger partial charge in [0.1, 0.15) is 5.71 Å². The molecule has 1 rings (SSSR count). The van der Waals surface area contributed by atoms with E-state index in [2.05, 4.69) is 9.99 Å². The third-order valence-electron chi connectivity index (χ3n) is 1.51. The topological polar surface area (TPSA) is 65.6 Å². The summed E-state index contributed by atoms with van der Waals surface area (Å²) >= 11 is 0. The molecule has 0 N–H and O–H groups in total. The van der Waals surface area contributed by atoms with Gasteiger partial charge in [-0.25, -0.2) is 4.79 Å². The molecule has 0 spiro atoms. The van der Waals surface area contributed by atoms with E-state index in [0.29, 0.717) is 16.1 Å². The summed E-state index contributed by atoms with van der Waals surface area (Å²) < 4.78 is 0.655. The number of carbonyl (C=O) groups is 1. The molecular formula is C9H10N2O3. The van der Waals surface area contributed by atoms with Crippen molar-refractivity contribution >= 4 is 11.7 Å². The van der Waals surface area contributed by atoms with Crippen LogP contribution in [0.3, 0.4) is 0 Å². The summed E-state index contributed by atoms with van der Waals surface area (Å²) in [4.78, 5) is 14.9. The normalized spacial score (nSPS) is 11.1. The van der Waals surface area contributed by atoms with Gasteiger partial charge in [0, 0.05) is 19.1 Å². The van der Waals surface area contributed by atoms with Crippen molar-refractivity contribution in [2.45, 2.75) is 13.8 Å². The van der Waals surface area contributed by atoms with Crippen LogP contribution in [0.4, 0.5) is 0 Å². The lowest BCUT2D eigenvalue weighted by molar-refractivity contribution is -0.606. The van der Waals surface area contributed by atoms with Crippen LogP contribution in [-0.2, 0) is 9.63 Å². The molecule has 0 aromatic carbocycles. The zero-order valence-electron chi connectivity index (χ0n) is 7.93. The summed E-state index contributed by atoms with van der Waals surface area (Å²) in [6.45, 7) is 2.83. The van der Waals surface area contributed by atoms with E-state index in [1.165, 1.54) is 13.1 Å². The molecule has 1 heterocycles. The van der Waals surface area contributed by atoms with Crippen molar-refractivity contribution in [3.8, 4) is 0 Å². The van der Waals surface area contributed by atoms with E-state index in [0.717, 1.165) is 0 Å². The number of carbonyl (C=O) groups excluding carboxylic acids is 1. The maximum atomic E-state index is 11.2. The van der Waals surface area contributed by atoms with Crippen LogP contribution in [0.2, 0.25) is 0 Å². The quantitative estimate of drug-likeness (QED) is 0.228. The van der Waals surface area contributed by atoms with Crippen molar-refractivity contribution in [3.05, 3.63) is 35.3 Å². The van der Waals surface area contributed by atoms with Gasteiger partial charge in [-0.3, -0.25) is 0 Å². The molecule has 0 bridgehead atoms. The van der Waals surface area contributed by atoms with Crippen LogP contribution in [-0.4, -0.2) is 11.7 Å². The highest BCUT2D eigenvalue weighted by atomic mass is 16.7. The fourth-order valence-corrected chi connectivity index (χ4v) is 0.888. The molecule has 1 aromatic rings. The number of nitrogens with zero attached hydrogens (tertiary/aromatic N) is 2. The first-order valence-electron chi connectivity index (χ1n) is 4.02. The average Bonchev–Trinajstić information content (AvgIpc) is 2.15. The standard InChI is InChI=1S/C9H10N2O3/c1-7(10-14-8(2)12)9-5-3-4-6-11(9)13/h3-6H,1-2H3/b10-7+. The molecule has 5 heteroatoms. The lowest BCUT2D eigenvalue weighted by Gasteiger charge is -2.01. The van der Waals surface area contributed by atoms with Gasteiger partial charge in [0.25, 0.3) is 0 Å². The van der Waals surface area contributed by atoms with Crippen molar-refractivity contribution in [3.63, 3.8) is 0 Å². The van der Waals surface area contributed by atoms with Crippen LogP contribution in [0.5, 0.6) is 0 Å². The lowest BCUT2D eigenvalue weighted by atomic mass is 10.3. The molecule has 0 atom stereocenters. The first kappa shape index (κ1) is 10.2. The highest BCUT2D eigenvalue weighted by molar-refractivity contribution is 5.95. The smallest absolute Gasteiger partial charge is 0.331 e. The van der Waals surface area contributed by atoms with E-state index in [-0.39, 0.29) is 0 Å². The molecule has 0 fully saturated rings. The van der Waals surface area contributed by atoms with Crippen LogP contribution in [0.1, 0.15) is 19.5 Å². The number of pyridine rings is 1. The molecule has 0 radical (unpaired) electrons. The Balaban J connectivity index is 2.89. The summed E-state index contributed by atoms with van der Waals surface area (Å²) in [7, 11) is 0. The Bertz CT molecular complexity index is 374. The predicted octanol–water partition coefficient (Wildman–Crippen LogP) is 0.607. The Kier molecular flexibility index (Phi) is 3.17. The molecule has 0 saturated carbocycles. The number of hydrogen-bond acceptors (Lipinski definition) is 4. The predicted molar refractivity (Wildman–Crippen MR) is 49.4 cm³/mol. The second-order valence-electron chi connectivity index (χ2n) is 2.67. The van der Waals surface area contributed by atoms with Gasteiger partial charge in [-0.15, -0.1) is 0 Å². The van der Waals surface area contributed by atoms with Gasteiger partial charge >= 0.3 is 5.97 Å². The van der Waals surface area contributed by atoms with Crippen LogP contribution in [0.25, 0.3) is 0 Å². The van der Waals surface area contributed by atoms with Crippen LogP contribution in [0.15, 0.2) is 29.6 Å². The number of hydrogen-bond donors (Lipinski definition) is 0. The Morgan fingerprint density at radius 1 is 1.50 bits per heavy atom. The molecule has 14 heavy (non-hydrogen) atoms. The molecular weight excluding hydrogens is 184 g/mol. The number of aromatic nitrogens is 1. The molecule has 0 aliphatic rings. The van der Waals surface area contributed by atoms with E-state index < -0.39 is 5.97 Å². The SMILES string of the molecule is CC(=O)O/N=C(\C)c1cccc[n+]1[O-]. The van der Waals surface area contributed by atoms with Gasteiger partial charge < -0.3 is 10.0 Å². The Morgan fingerprint density at radius 3 is 2.79 bits per heavy atom. The van der Waals surface area contributed by atoms with Gasteiger partial charge in [0.2, 0.25) is 5.69 Å². The van der Waals surface area contributed by atoms with E-state index in [1.807, 2.05) is 0 Å². The van der Waals surface area contributed by atoms with Crippen molar-refractivity contribution < 1.29 is 14.4 Å². The monoisotopic (exact) mass is 194 g/mol. The maximum Gasteiger partial charge on any atom is 0.331 e. The molecule has 1 aromatic heterocycles. The summed E-state index contributed by atoms with van der Waals surface area (Å²) in [5.41, 5.74) is 0.713. The number of rotatable bonds is 2. The van der Waals surface area contributed by atoms with Crippen molar-refractivity contribution in [2.75, 3.05) is 0 Å². The molecule has 0 saturated heterocycles. The van der Waals surface area contributed by atoms with Crippen LogP contribution < -0.4 is 4.73 Å². The molecule has 0 aliphatic heterocycles. The zero-order chi connectivity index (χ0) is 10.6. The highest BCUT2D eigenvalue weighted by Gasteiger charge is 2.08. The van der Waals surface area contributed by atoms with E-state index >= 15 is 0 Å². The second kappa shape index (κ2) is 4.36. The van der Waals surface area contributed by atoms with Crippen LogP contribution in [0, 0.1) is 5.21 Å². The average molecular weight is 194 g/mol. The molecule has 5 nitrogen and oxygen atoms in total. The molecule has 0 amide bonds. The lowest BCUT2D eigenvalue weighted by Crippen LogP contribution is -2.33. The fraction of sp³-hybridized carbons (Fsp3) is 0.222. The third kappa shape index (κ3) is 2.55. The number of oxime groups is 1. The molecule has 0 unspecified atom stereocenters. The van der Waals surface area contributed by atoms with Crippen molar-refractivity contribution in [2.24, 2.45) is 5.16 Å². The minimum atomic E-state index is -0.516. The van der Waals surface area contributed by atoms with Gasteiger partial charge in [-0.1, -0.05) is 5.16 Å². The summed E-state index contributed by atoms with van der Waals surface area (Å²) in [6, 6.07) is 4.90. The summed E-state index contributed by atoms with van der Waals surface area (Å²) in [5, 5.41) is 14.7. The van der Waals surface area contributed by atoms with Gasteiger partial charge in [0.05, 0.1) is 0 Å². The Labute approximate surface area is 81.2 Å². The van der Waals surface area contributed by atoms with Crippen molar-refractivity contribution in [1.29, 1.82) is 0 Å². The Hall–Kier alpha value is -1.91. The zero-order valence-corrected chi connectivity index (χ0v) is 7.93. The summed E-state index contributed by atoms with van der Waals surface area (Å²) in [6.07, 6.45) is 1.35. The van der Waals surface area contributed by atoms with Gasteiger partial charge in [-0.2, -0.15) is 4.73 Å². The molecule has 0 aliphatic carbocycles. The third-order valence-corrected chi connectivity index (χ3v) is 1.51. The fourth-order valence-electron chi connectivity index (χ4n) is 0.888. The van der Waals surface area contributed by atoms with Crippen molar-refractivity contribution in [1.82, 2.24) is 0 Å².